The van der Waals surface area contributed by atoms with E-state index in [4.69, 9.17) is 11.6 Å². The molecule has 0 fully saturated rings. The highest BCUT2D eigenvalue weighted by atomic mass is 35.5. The zero-order valence-corrected chi connectivity index (χ0v) is 16.1. The maximum absolute atomic E-state index is 12.1. The SMILES string of the molecule is CCc1n[nH]c(=O)c2ccc(-c3cnn(C)c3-c3ccc(Cl)cc3C#N)cc12. The lowest BCUT2D eigenvalue weighted by atomic mass is 9.96. The molecule has 138 valence electrons. The monoisotopic (exact) mass is 389 g/mol. The molecule has 1 N–H and O–H groups in total. The van der Waals surface area contributed by atoms with Gasteiger partial charge in [-0.3, -0.25) is 9.48 Å². The Labute approximate surface area is 166 Å². The van der Waals surface area contributed by atoms with Gasteiger partial charge in [0.2, 0.25) is 0 Å². The second-order valence-corrected chi connectivity index (χ2v) is 6.88. The van der Waals surface area contributed by atoms with Crippen LogP contribution < -0.4 is 5.56 Å². The number of nitrogens with zero attached hydrogens (tertiary/aromatic N) is 4. The third kappa shape index (κ3) is 2.86. The molecule has 6 nitrogen and oxygen atoms in total. The molecule has 0 aliphatic rings. The highest BCUT2D eigenvalue weighted by Crippen LogP contribution is 2.35. The molecule has 4 aromatic rings. The predicted octanol–water partition coefficient (Wildman–Crippen LogP) is 4.08. The Kier molecular flexibility index (Phi) is 4.46. The number of nitriles is 1. The van der Waals surface area contributed by atoms with Gasteiger partial charge in [-0.25, -0.2) is 5.10 Å². The highest BCUT2D eigenvalue weighted by Gasteiger charge is 2.17. The van der Waals surface area contributed by atoms with Crippen LogP contribution in [0.2, 0.25) is 5.02 Å². The number of benzene rings is 2. The molecule has 28 heavy (non-hydrogen) atoms. The number of halogens is 1. The second kappa shape index (κ2) is 6.95. The highest BCUT2D eigenvalue weighted by molar-refractivity contribution is 6.30. The van der Waals surface area contributed by atoms with Crippen molar-refractivity contribution in [2.45, 2.75) is 13.3 Å². The molecule has 7 heteroatoms. The smallest absolute Gasteiger partial charge is 0.267 e. The summed E-state index contributed by atoms with van der Waals surface area (Å²) in [6.45, 7) is 2.00. The largest absolute Gasteiger partial charge is 0.272 e. The number of hydrogen-bond donors (Lipinski definition) is 1. The van der Waals surface area contributed by atoms with E-state index in [2.05, 4.69) is 21.4 Å². The first kappa shape index (κ1) is 18.0. The molecule has 0 saturated heterocycles. The van der Waals surface area contributed by atoms with Gasteiger partial charge in [0, 0.05) is 28.6 Å². The van der Waals surface area contributed by atoms with Crippen LogP contribution in [0, 0.1) is 11.3 Å². The van der Waals surface area contributed by atoms with Gasteiger partial charge in [0.25, 0.3) is 5.56 Å². The van der Waals surface area contributed by atoms with E-state index < -0.39 is 0 Å². The molecule has 4 rings (SSSR count). The number of hydrogen-bond acceptors (Lipinski definition) is 4. The summed E-state index contributed by atoms with van der Waals surface area (Å²) in [5.41, 5.74) is 4.42. The molecule has 0 unspecified atom stereocenters. The first-order chi connectivity index (χ1) is 13.5. The third-order valence-electron chi connectivity index (χ3n) is 4.81. The molecule has 0 saturated carbocycles. The molecule has 0 spiro atoms. The lowest BCUT2D eigenvalue weighted by Gasteiger charge is -2.10. The minimum absolute atomic E-state index is 0.213. The Bertz CT molecular complexity index is 1310. The molecule has 2 aromatic carbocycles. The van der Waals surface area contributed by atoms with E-state index in [9.17, 15) is 10.1 Å². The molecule has 0 bridgehead atoms. The van der Waals surface area contributed by atoms with Gasteiger partial charge in [-0.2, -0.15) is 15.5 Å². The minimum atomic E-state index is -0.213. The van der Waals surface area contributed by atoms with Crippen LogP contribution in [-0.2, 0) is 13.5 Å². The summed E-state index contributed by atoms with van der Waals surface area (Å²) >= 11 is 6.05. The van der Waals surface area contributed by atoms with Crippen LogP contribution >= 0.6 is 11.6 Å². The van der Waals surface area contributed by atoms with Crippen LogP contribution in [0.3, 0.4) is 0 Å². The van der Waals surface area contributed by atoms with Crippen molar-refractivity contribution in [3.63, 3.8) is 0 Å². The molecular formula is C21H16ClN5O. The molecule has 2 heterocycles. The first-order valence-electron chi connectivity index (χ1n) is 8.77. The quantitative estimate of drug-likeness (QED) is 0.572. The van der Waals surface area contributed by atoms with Crippen molar-refractivity contribution in [3.8, 4) is 28.5 Å². The Balaban J connectivity index is 1.98. The Morgan fingerprint density at radius 3 is 2.75 bits per heavy atom. The first-order valence-corrected chi connectivity index (χ1v) is 9.15. The maximum Gasteiger partial charge on any atom is 0.272 e. The zero-order chi connectivity index (χ0) is 19.8. The predicted molar refractivity (Wildman–Crippen MR) is 109 cm³/mol. The normalized spacial score (nSPS) is 10.9. The molecule has 0 amide bonds. The average Bonchev–Trinajstić information content (AvgIpc) is 3.09. The number of aryl methyl sites for hydroxylation is 2. The van der Waals surface area contributed by atoms with Gasteiger partial charge < -0.3 is 0 Å². The van der Waals surface area contributed by atoms with Crippen molar-refractivity contribution >= 4 is 22.4 Å². The average molecular weight is 390 g/mol. The van der Waals surface area contributed by atoms with Crippen molar-refractivity contribution in [2.75, 3.05) is 0 Å². The summed E-state index contributed by atoms with van der Waals surface area (Å²) < 4.78 is 1.74. The Morgan fingerprint density at radius 2 is 2.00 bits per heavy atom. The molecule has 0 aliphatic carbocycles. The van der Waals surface area contributed by atoms with Gasteiger partial charge in [-0.1, -0.05) is 24.6 Å². The van der Waals surface area contributed by atoms with E-state index in [-0.39, 0.29) is 5.56 Å². The van der Waals surface area contributed by atoms with Gasteiger partial charge in [-0.05, 0) is 42.3 Å². The number of aromatic amines is 1. The standard InChI is InChI=1S/C21H16ClN5O/c1-3-19-17-9-12(4-6-16(17)21(28)26-25-19)18-11-24-27(2)20(18)15-7-5-14(22)8-13(15)10-23/h4-9,11H,3H2,1-2H3,(H,26,28). The Hall–Kier alpha value is -3.43. The fourth-order valence-corrected chi connectivity index (χ4v) is 3.61. The van der Waals surface area contributed by atoms with Crippen LogP contribution in [-0.4, -0.2) is 20.0 Å². The summed E-state index contributed by atoms with van der Waals surface area (Å²) in [4.78, 5) is 12.1. The lowest BCUT2D eigenvalue weighted by molar-refractivity contribution is 0.776. The van der Waals surface area contributed by atoms with E-state index in [0.29, 0.717) is 22.4 Å². The summed E-state index contributed by atoms with van der Waals surface area (Å²) in [5, 5.41) is 22.6. The van der Waals surface area contributed by atoms with Crippen LogP contribution in [0.1, 0.15) is 18.2 Å². The summed E-state index contributed by atoms with van der Waals surface area (Å²) in [6, 6.07) is 13.1. The maximum atomic E-state index is 12.1. The van der Waals surface area contributed by atoms with E-state index >= 15 is 0 Å². The fraction of sp³-hybridized carbons (Fsp3) is 0.143. The summed E-state index contributed by atoms with van der Waals surface area (Å²) in [5.74, 6) is 0. The minimum Gasteiger partial charge on any atom is -0.267 e. The van der Waals surface area contributed by atoms with Gasteiger partial charge >= 0.3 is 0 Å². The van der Waals surface area contributed by atoms with Crippen molar-refractivity contribution in [2.24, 2.45) is 7.05 Å². The van der Waals surface area contributed by atoms with Gasteiger partial charge in [0.15, 0.2) is 0 Å². The Morgan fingerprint density at radius 1 is 1.18 bits per heavy atom. The number of rotatable bonds is 3. The summed E-state index contributed by atoms with van der Waals surface area (Å²) in [7, 11) is 1.83. The molecule has 0 aliphatic heterocycles. The van der Waals surface area contributed by atoms with E-state index in [1.165, 1.54) is 0 Å². The number of fused-ring (bicyclic) bond motifs is 1. The van der Waals surface area contributed by atoms with Crippen LogP contribution in [0.25, 0.3) is 33.2 Å². The molecule has 0 atom stereocenters. The van der Waals surface area contributed by atoms with Crippen molar-refractivity contribution < 1.29 is 0 Å². The van der Waals surface area contributed by atoms with E-state index in [0.717, 1.165) is 33.5 Å². The van der Waals surface area contributed by atoms with Crippen molar-refractivity contribution in [3.05, 3.63) is 69.2 Å². The topological polar surface area (TPSA) is 87.4 Å². The van der Waals surface area contributed by atoms with Crippen LogP contribution in [0.15, 0.2) is 47.4 Å². The third-order valence-corrected chi connectivity index (χ3v) is 5.04. The van der Waals surface area contributed by atoms with E-state index in [1.807, 2.05) is 32.2 Å². The lowest BCUT2D eigenvalue weighted by Crippen LogP contribution is -2.10. The van der Waals surface area contributed by atoms with E-state index in [1.54, 1.807) is 29.1 Å². The molecule has 2 aromatic heterocycles. The van der Waals surface area contributed by atoms with Gasteiger partial charge in [0.1, 0.15) is 0 Å². The molecule has 0 radical (unpaired) electrons. The second-order valence-electron chi connectivity index (χ2n) is 6.45. The van der Waals surface area contributed by atoms with Crippen molar-refractivity contribution in [1.29, 1.82) is 5.26 Å². The summed E-state index contributed by atoms with van der Waals surface area (Å²) in [6.07, 6.45) is 2.46. The van der Waals surface area contributed by atoms with Gasteiger partial charge in [0.05, 0.1) is 34.6 Å². The van der Waals surface area contributed by atoms with Crippen LogP contribution in [0.5, 0.6) is 0 Å². The zero-order valence-electron chi connectivity index (χ0n) is 15.3. The van der Waals surface area contributed by atoms with Crippen molar-refractivity contribution in [1.82, 2.24) is 20.0 Å². The number of H-pyrrole nitrogens is 1. The van der Waals surface area contributed by atoms with Gasteiger partial charge in [-0.15, -0.1) is 0 Å². The number of nitrogens with one attached hydrogen (secondary N) is 1. The number of aromatic nitrogens is 4. The fourth-order valence-electron chi connectivity index (χ4n) is 3.44. The molecular weight excluding hydrogens is 374 g/mol. The van der Waals surface area contributed by atoms with Crippen LogP contribution in [0.4, 0.5) is 0 Å².